The third kappa shape index (κ3) is 5.56. The fourth-order valence-electron chi connectivity index (χ4n) is 4.21. The zero-order valence-electron chi connectivity index (χ0n) is 19.2. The van der Waals surface area contributed by atoms with Crippen LogP contribution in [-0.2, 0) is 10.0 Å². The van der Waals surface area contributed by atoms with E-state index in [4.69, 9.17) is 10.1 Å². The number of benzene rings is 2. The fraction of sp³-hybridized carbons (Fsp3) is 0.240. The number of pyridine rings is 1. The van der Waals surface area contributed by atoms with Gasteiger partial charge in [0, 0.05) is 47.7 Å². The number of para-hydroxylation sites is 1. The van der Waals surface area contributed by atoms with Crippen LogP contribution >= 0.6 is 0 Å². The van der Waals surface area contributed by atoms with Crippen molar-refractivity contribution in [2.75, 3.05) is 36.8 Å². The molecule has 35 heavy (non-hydrogen) atoms. The first kappa shape index (κ1) is 23.2. The first-order valence-electron chi connectivity index (χ1n) is 11.5. The maximum atomic E-state index is 11.5. The molecule has 1 aliphatic heterocycles. The lowest BCUT2D eigenvalue weighted by atomic mass is 10.0. The molecule has 0 aliphatic carbocycles. The van der Waals surface area contributed by atoms with Crippen molar-refractivity contribution in [3.63, 3.8) is 0 Å². The van der Waals surface area contributed by atoms with Crippen molar-refractivity contribution in [2.24, 2.45) is 5.14 Å². The molecule has 0 radical (unpaired) electrons. The standard InChI is InChI=1S/C25H27N7O2S/c26-35(33,34)21-9-7-20(8-10-21)30-25-29-17-19-4-3-5-22(24(19)31-25)18-6-11-23(28-16-18)27-12-15-32-13-1-2-14-32/h3-11,16-17H,1-2,12-15H2,(H,27,28)(H2,26,33,34)(H,29,30,31). The minimum atomic E-state index is -3.74. The Balaban J connectivity index is 1.33. The number of primary sulfonamides is 1. The molecular weight excluding hydrogens is 462 g/mol. The van der Waals surface area contributed by atoms with Crippen LogP contribution in [0.5, 0.6) is 0 Å². The second-order valence-electron chi connectivity index (χ2n) is 8.54. The number of fused-ring (bicyclic) bond motifs is 1. The Morgan fingerprint density at radius 3 is 2.46 bits per heavy atom. The van der Waals surface area contributed by atoms with Crippen LogP contribution in [0.1, 0.15) is 12.8 Å². The van der Waals surface area contributed by atoms with Gasteiger partial charge in [-0.3, -0.25) is 0 Å². The molecule has 0 amide bonds. The molecule has 4 aromatic rings. The predicted molar refractivity (Wildman–Crippen MR) is 138 cm³/mol. The van der Waals surface area contributed by atoms with E-state index >= 15 is 0 Å². The van der Waals surface area contributed by atoms with Gasteiger partial charge in [-0.05, 0) is 62.3 Å². The predicted octanol–water partition coefficient (Wildman–Crippen LogP) is 3.59. The Morgan fingerprint density at radius 2 is 1.74 bits per heavy atom. The number of rotatable bonds is 8. The quantitative estimate of drug-likeness (QED) is 0.343. The lowest BCUT2D eigenvalue weighted by molar-refractivity contribution is 0.352. The van der Waals surface area contributed by atoms with Gasteiger partial charge in [-0.15, -0.1) is 0 Å². The summed E-state index contributed by atoms with van der Waals surface area (Å²) in [6.45, 7) is 4.29. The number of sulfonamides is 1. The number of aromatic nitrogens is 3. The molecule has 3 heterocycles. The highest BCUT2D eigenvalue weighted by atomic mass is 32.2. The molecule has 9 nitrogen and oxygen atoms in total. The van der Waals surface area contributed by atoms with Gasteiger partial charge in [-0.25, -0.2) is 28.5 Å². The van der Waals surface area contributed by atoms with E-state index in [0.717, 1.165) is 40.9 Å². The summed E-state index contributed by atoms with van der Waals surface area (Å²) < 4.78 is 22.9. The fourth-order valence-corrected chi connectivity index (χ4v) is 4.73. The number of nitrogens with zero attached hydrogens (tertiary/aromatic N) is 4. The largest absolute Gasteiger partial charge is 0.369 e. The number of hydrogen-bond acceptors (Lipinski definition) is 8. The summed E-state index contributed by atoms with van der Waals surface area (Å²) in [6.07, 6.45) is 6.20. The van der Waals surface area contributed by atoms with Crippen LogP contribution in [-0.4, -0.2) is 54.4 Å². The molecule has 180 valence electrons. The molecule has 0 bridgehead atoms. The third-order valence-corrected chi connectivity index (χ3v) is 6.99. The molecule has 5 rings (SSSR count). The van der Waals surface area contributed by atoms with Gasteiger partial charge >= 0.3 is 0 Å². The summed E-state index contributed by atoms with van der Waals surface area (Å²) in [6, 6.07) is 16.1. The molecule has 0 unspecified atom stereocenters. The maximum Gasteiger partial charge on any atom is 0.238 e. The maximum absolute atomic E-state index is 11.5. The molecule has 0 spiro atoms. The monoisotopic (exact) mass is 489 g/mol. The van der Waals surface area contributed by atoms with Crippen LogP contribution in [0.25, 0.3) is 22.0 Å². The van der Waals surface area contributed by atoms with E-state index in [9.17, 15) is 8.42 Å². The highest BCUT2D eigenvalue weighted by Gasteiger charge is 2.12. The SMILES string of the molecule is NS(=O)(=O)c1ccc(Nc2ncc3cccc(-c4ccc(NCCN5CCCC5)nc4)c3n2)cc1. The highest BCUT2D eigenvalue weighted by molar-refractivity contribution is 7.89. The van der Waals surface area contributed by atoms with Gasteiger partial charge in [0.25, 0.3) is 0 Å². The number of nitrogens with one attached hydrogen (secondary N) is 2. The Kier molecular flexibility index (Phi) is 6.58. The first-order valence-corrected chi connectivity index (χ1v) is 13.1. The van der Waals surface area contributed by atoms with E-state index < -0.39 is 10.0 Å². The zero-order chi connectivity index (χ0) is 24.3. The van der Waals surface area contributed by atoms with E-state index in [1.807, 2.05) is 36.5 Å². The van der Waals surface area contributed by atoms with Crippen molar-refractivity contribution in [1.29, 1.82) is 0 Å². The van der Waals surface area contributed by atoms with Crippen molar-refractivity contribution in [2.45, 2.75) is 17.7 Å². The van der Waals surface area contributed by atoms with Crippen molar-refractivity contribution < 1.29 is 8.42 Å². The van der Waals surface area contributed by atoms with Crippen molar-refractivity contribution >= 4 is 38.4 Å². The summed E-state index contributed by atoms with van der Waals surface area (Å²) in [7, 11) is -3.74. The van der Waals surface area contributed by atoms with Gasteiger partial charge in [-0.2, -0.15) is 0 Å². The average molecular weight is 490 g/mol. The summed E-state index contributed by atoms with van der Waals surface area (Å²) in [5, 5.41) is 12.6. The molecule has 2 aromatic carbocycles. The van der Waals surface area contributed by atoms with Crippen LogP contribution in [0.4, 0.5) is 17.5 Å². The van der Waals surface area contributed by atoms with Gasteiger partial charge in [0.05, 0.1) is 10.4 Å². The van der Waals surface area contributed by atoms with Crippen molar-refractivity contribution in [1.82, 2.24) is 19.9 Å². The second kappa shape index (κ2) is 9.95. The minimum absolute atomic E-state index is 0.0475. The lowest BCUT2D eigenvalue weighted by Crippen LogP contribution is -2.26. The second-order valence-corrected chi connectivity index (χ2v) is 10.1. The summed E-state index contributed by atoms with van der Waals surface area (Å²) in [4.78, 5) is 16.2. The molecule has 10 heteroatoms. The molecule has 4 N–H and O–H groups in total. The van der Waals surface area contributed by atoms with Crippen LogP contribution in [0.15, 0.2) is 71.9 Å². The van der Waals surface area contributed by atoms with E-state index in [-0.39, 0.29) is 4.90 Å². The third-order valence-electron chi connectivity index (χ3n) is 6.06. The smallest absolute Gasteiger partial charge is 0.238 e. The molecule has 0 atom stereocenters. The van der Waals surface area contributed by atoms with E-state index in [2.05, 4.69) is 25.5 Å². The molecule has 0 saturated carbocycles. The van der Waals surface area contributed by atoms with Gasteiger partial charge < -0.3 is 15.5 Å². The lowest BCUT2D eigenvalue weighted by Gasteiger charge is -2.15. The molecule has 1 saturated heterocycles. The zero-order valence-corrected chi connectivity index (χ0v) is 20.0. The van der Waals surface area contributed by atoms with Gasteiger partial charge in [0.15, 0.2) is 0 Å². The van der Waals surface area contributed by atoms with Crippen LogP contribution in [0.3, 0.4) is 0 Å². The van der Waals surface area contributed by atoms with E-state index in [0.29, 0.717) is 11.6 Å². The highest BCUT2D eigenvalue weighted by Crippen LogP contribution is 2.28. The Hall–Kier alpha value is -3.60. The van der Waals surface area contributed by atoms with Gasteiger partial charge in [0.1, 0.15) is 5.82 Å². The Labute approximate surface area is 204 Å². The van der Waals surface area contributed by atoms with Gasteiger partial charge in [-0.1, -0.05) is 18.2 Å². The van der Waals surface area contributed by atoms with Crippen LogP contribution < -0.4 is 15.8 Å². The Morgan fingerprint density at radius 1 is 0.943 bits per heavy atom. The summed E-state index contributed by atoms with van der Waals surface area (Å²) in [5.74, 6) is 1.26. The topological polar surface area (TPSA) is 126 Å². The van der Waals surface area contributed by atoms with Crippen molar-refractivity contribution in [3.8, 4) is 11.1 Å². The summed E-state index contributed by atoms with van der Waals surface area (Å²) >= 11 is 0. The molecule has 2 aromatic heterocycles. The molecule has 1 fully saturated rings. The van der Waals surface area contributed by atoms with E-state index in [1.165, 1.54) is 38.1 Å². The van der Waals surface area contributed by atoms with Gasteiger partial charge in [0.2, 0.25) is 16.0 Å². The number of anilines is 3. The number of hydrogen-bond donors (Lipinski definition) is 3. The van der Waals surface area contributed by atoms with Crippen LogP contribution in [0, 0.1) is 0 Å². The Bertz CT molecular complexity index is 1420. The van der Waals surface area contributed by atoms with Crippen molar-refractivity contribution in [3.05, 3.63) is 67.0 Å². The molecule has 1 aliphatic rings. The van der Waals surface area contributed by atoms with Crippen LogP contribution in [0.2, 0.25) is 0 Å². The van der Waals surface area contributed by atoms with E-state index in [1.54, 1.807) is 18.3 Å². The normalized spacial score (nSPS) is 14.3. The number of nitrogens with two attached hydrogens (primary N) is 1. The number of likely N-dealkylation sites (tertiary alicyclic amines) is 1. The minimum Gasteiger partial charge on any atom is -0.369 e. The first-order chi connectivity index (χ1) is 17.0. The summed E-state index contributed by atoms with van der Waals surface area (Å²) in [5.41, 5.74) is 3.36. The molecular formula is C25H27N7O2S. The average Bonchev–Trinajstić information content (AvgIpc) is 3.38.